The van der Waals surface area contributed by atoms with Gasteiger partial charge in [-0.05, 0) is 36.6 Å². The Morgan fingerprint density at radius 1 is 1.22 bits per heavy atom. The van der Waals surface area contributed by atoms with E-state index in [2.05, 4.69) is 29.2 Å². The van der Waals surface area contributed by atoms with Crippen molar-refractivity contribution in [2.24, 2.45) is 0 Å². The third-order valence-corrected chi connectivity index (χ3v) is 5.77. The van der Waals surface area contributed by atoms with Gasteiger partial charge in [-0.25, -0.2) is 0 Å². The number of likely N-dealkylation sites (tertiary alicyclic amines) is 1. The van der Waals surface area contributed by atoms with Gasteiger partial charge in [0.25, 0.3) is 0 Å². The first kappa shape index (κ1) is 18.2. The van der Waals surface area contributed by atoms with Crippen LogP contribution >= 0.6 is 11.6 Å². The van der Waals surface area contributed by atoms with E-state index in [1.807, 2.05) is 6.07 Å². The molecule has 1 atom stereocenters. The van der Waals surface area contributed by atoms with Crippen LogP contribution in [0.4, 0.5) is 0 Å². The lowest BCUT2D eigenvalue weighted by Gasteiger charge is -2.19. The van der Waals surface area contributed by atoms with E-state index in [9.17, 15) is 9.59 Å². The summed E-state index contributed by atoms with van der Waals surface area (Å²) in [5.41, 5.74) is 2.29. The zero-order valence-electron chi connectivity index (χ0n) is 15.1. The number of hydrogen-bond acceptors (Lipinski definition) is 4. The molecule has 0 amide bonds. The maximum absolute atomic E-state index is 12.7. The summed E-state index contributed by atoms with van der Waals surface area (Å²) in [6.45, 7) is 3.06. The smallest absolute Gasteiger partial charge is 0.170 e. The lowest BCUT2D eigenvalue weighted by Crippen LogP contribution is -2.24. The zero-order chi connectivity index (χ0) is 18.8. The van der Waals surface area contributed by atoms with E-state index in [0.29, 0.717) is 47.3 Å². The number of carbonyl (C=O) groups excluding carboxylic acids is 2. The molecule has 0 N–H and O–H groups in total. The Kier molecular flexibility index (Phi) is 5.28. The van der Waals surface area contributed by atoms with Crippen molar-refractivity contribution in [1.29, 1.82) is 0 Å². The first-order valence-corrected chi connectivity index (χ1v) is 9.79. The minimum Gasteiger partial charge on any atom is -0.492 e. The zero-order valence-corrected chi connectivity index (χ0v) is 15.9. The molecule has 0 radical (unpaired) electrons. The quantitative estimate of drug-likeness (QED) is 0.719. The van der Waals surface area contributed by atoms with Crippen molar-refractivity contribution < 1.29 is 14.3 Å². The van der Waals surface area contributed by atoms with Crippen LogP contribution in [0, 0.1) is 0 Å². The van der Waals surface area contributed by atoms with E-state index in [-0.39, 0.29) is 11.6 Å². The average molecular weight is 384 g/mol. The molecular weight excluding hydrogens is 362 g/mol. The molecular formula is C22H22ClNO3. The second kappa shape index (κ2) is 7.83. The average Bonchev–Trinajstić information content (AvgIpc) is 3.16. The van der Waals surface area contributed by atoms with Crippen molar-refractivity contribution in [3.63, 3.8) is 0 Å². The van der Waals surface area contributed by atoms with E-state index >= 15 is 0 Å². The second-order valence-electron chi connectivity index (χ2n) is 7.22. The van der Waals surface area contributed by atoms with Crippen molar-refractivity contribution in [1.82, 2.24) is 4.90 Å². The molecule has 1 fully saturated rings. The van der Waals surface area contributed by atoms with Gasteiger partial charge in [0, 0.05) is 31.5 Å². The van der Waals surface area contributed by atoms with Crippen molar-refractivity contribution >= 4 is 23.2 Å². The topological polar surface area (TPSA) is 46.6 Å². The summed E-state index contributed by atoms with van der Waals surface area (Å²) < 4.78 is 5.54. The van der Waals surface area contributed by atoms with Crippen LogP contribution in [0.1, 0.15) is 51.5 Å². The van der Waals surface area contributed by atoms with Gasteiger partial charge in [0.2, 0.25) is 0 Å². The number of ether oxygens (including phenoxy) is 1. The van der Waals surface area contributed by atoms with Crippen LogP contribution in [0.25, 0.3) is 0 Å². The molecule has 0 aliphatic carbocycles. The lowest BCUT2D eigenvalue weighted by atomic mass is 9.99. The monoisotopic (exact) mass is 383 g/mol. The van der Waals surface area contributed by atoms with Gasteiger partial charge < -0.3 is 9.64 Å². The Labute approximate surface area is 164 Å². The van der Waals surface area contributed by atoms with Crippen molar-refractivity contribution in [2.45, 2.75) is 25.2 Å². The summed E-state index contributed by atoms with van der Waals surface area (Å²) in [7, 11) is 0. The van der Waals surface area contributed by atoms with Gasteiger partial charge in [-0.3, -0.25) is 9.59 Å². The van der Waals surface area contributed by atoms with Crippen LogP contribution in [0.2, 0.25) is 5.02 Å². The highest BCUT2D eigenvalue weighted by Gasteiger charge is 2.26. The van der Waals surface area contributed by atoms with E-state index in [1.54, 1.807) is 12.1 Å². The minimum absolute atomic E-state index is 0.00687. The van der Waals surface area contributed by atoms with Crippen molar-refractivity contribution in [3.05, 3.63) is 64.2 Å². The number of fused-ring (bicyclic) bond motifs is 1. The van der Waals surface area contributed by atoms with Gasteiger partial charge in [-0.2, -0.15) is 0 Å². The SMILES string of the molecule is O=C(CCN1CCC(c2ccccc2)C1)c1cc2c(cc1Cl)C(=O)CCO2. The number of hydrogen-bond donors (Lipinski definition) is 0. The van der Waals surface area contributed by atoms with Crippen LogP contribution in [0.3, 0.4) is 0 Å². The summed E-state index contributed by atoms with van der Waals surface area (Å²) in [6, 6.07) is 13.7. The van der Waals surface area contributed by atoms with Crippen LogP contribution in [0.15, 0.2) is 42.5 Å². The Bertz CT molecular complexity index is 865. The molecule has 2 aromatic rings. The van der Waals surface area contributed by atoms with Crippen LogP contribution in [-0.4, -0.2) is 42.7 Å². The Morgan fingerprint density at radius 2 is 2.04 bits per heavy atom. The van der Waals surface area contributed by atoms with Crippen LogP contribution in [0.5, 0.6) is 5.75 Å². The standard InChI is InChI=1S/C22H22ClNO3/c23-19-12-18-21(26)8-11-27-22(18)13-17(19)20(25)7-10-24-9-6-16(14-24)15-4-2-1-3-5-15/h1-5,12-13,16H,6-11,14H2. The molecule has 2 heterocycles. The predicted octanol–water partition coefficient (Wildman–Crippen LogP) is 4.37. The molecule has 5 heteroatoms. The number of nitrogens with zero attached hydrogens (tertiary/aromatic N) is 1. The number of rotatable bonds is 5. The van der Waals surface area contributed by atoms with Crippen LogP contribution < -0.4 is 4.74 Å². The Morgan fingerprint density at radius 3 is 2.85 bits per heavy atom. The fraction of sp³-hybridized carbons (Fsp3) is 0.364. The van der Waals surface area contributed by atoms with Gasteiger partial charge in [-0.15, -0.1) is 0 Å². The second-order valence-corrected chi connectivity index (χ2v) is 7.63. The summed E-state index contributed by atoms with van der Waals surface area (Å²) in [4.78, 5) is 27.0. The number of Topliss-reactive ketones (excluding diaryl/α,β-unsaturated/α-hetero) is 2. The molecule has 2 aliphatic heterocycles. The van der Waals surface area contributed by atoms with Gasteiger partial charge in [0.1, 0.15) is 5.75 Å². The molecule has 140 valence electrons. The van der Waals surface area contributed by atoms with Crippen LogP contribution in [-0.2, 0) is 0 Å². The fourth-order valence-electron chi connectivity index (χ4n) is 3.92. The van der Waals surface area contributed by atoms with Gasteiger partial charge >= 0.3 is 0 Å². The fourth-order valence-corrected chi connectivity index (χ4v) is 4.19. The first-order valence-electron chi connectivity index (χ1n) is 9.42. The molecule has 0 aromatic heterocycles. The highest BCUT2D eigenvalue weighted by molar-refractivity contribution is 6.34. The molecule has 0 spiro atoms. The van der Waals surface area contributed by atoms with E-state index in [0.717, 1.165) is 26.1 Å². The summed E-state index contributed by atoms with van der Waals surface area (Å²) >= 11 is 6.28. The molecule has 2 aromatic carbocycles. The maximum atomic E-state index is 12.7. The number of halogens is 1. The minimum atomic E-state index is -0.00687. The van der Waals surface area contributed by atoms with Gasteiger partial charge in [-0.1, -0.05) is 41.9 Å². The van der Waals surface area contributed by atoms with Crippen molar-refractivity contribution in [3.8, 4) is 5.75 Å². The molecule has 4 rings (SSSR count). The van der Waals surface area contributed by atoms with E-state index in [4.69, 9.17) is 16.3 Å². The lowest BCUT2D eigenvalue weighted by molar-refractivity contribution is 0.0927. The summed E-state index contributed by atoms with van der Waals surface area (Å²) in [6.07, 6.45) is 1.88. The third kappa shape index (κ3) is 3.92. The highest BCUT2D eigenvalue weighted by Crippen LogP contribution is 2.32. The molecule has 0 saturated carbocycles. The van der Waals surface area contributed by atoms with Crippen molar-refractivity contribution in [2.75, 3.05) is 26.2 Å². The number of benzene rings is 2. The summed E-state index contributed by atoms with van der Waals surface area (Å²) in [5.74, 6) is 1.02. The molecule has 27 heavy (non-hydrogen) atoms. The highest BCUT2D eigenvalue weighted by atomic mass is 35.5. The number of carbonyl (C=O) groups is 2. The normalized spacial score (nSPS) is 19.6. The number of ketones is 2. The predicted molar refractivity (Wildman–Crippen MR) is 105 cm³/mol. The molecule has 4 nitrogen and oxygen atoms in total. The first-order chi connectivity index (χ1) is 13.1. The van der Waals surface area contributed by atoms with Gasteiger partial charge in [0.05, 0.1) is 17.2 Å². The van der Waals surface area contributed by atoms with E-state index < -0.39 is 0 Å². The van der Waals surface area contributed by atoms with Gasteiger partial charge in [0.15, 0.2) is 11.6 Å². The van der Waals surface area contributed by atoms with E-state index in [1.165, 1.54) is 5.56 Å². The third-order valence-electron chi connectivity index (χ3n) is 5.46. The summed E-state index contributed by atoms with van der Waals surface area (Å²) in [5, 5.41) is 0.334. The molecule has 2 aliphatic rings. The largest absolute Gasteiger partial charge is 0.492 e. The maximum Gasteiger partial charge on any atom is 0.170 e. The molecule has 1 saturated heterocycles. The molecule has 1 unspecified atom stereocenters. The Balaban J connectivity index is 1.38. The molecule has 0 bridgehead atoms. The Hall–Kier alpha value is -2.17.